The number of nitrogens with one attached hydrogen (secondary N) is 1. The van der Waals surface area contributed by atoms with Gasteiger partial charge in [0.05, 0.1) is 11.3 Å². The number of carboxylic acids is 1. The SMILES string of the molecule is CCCCCC(C)Nc1cc(Br)ccc1C(=O)O. The molecule has 0 aliphatic rings. The lowest BCUT2D eigenvalue weighted by molar-refractivity contribution is 0.0698. The van der Waals surface area contributed by atoms with Crippen LogP contribution in [0.4, 0.5) is 5.69 Å². The fourth-order valence-corrected chi connectivity index (χ4v) is 2.22. The summed E-state index contributed by atoms with van der Waals surface area (Å²) in [7, 11) is 0. The second-order valence-corrected chi connectivity index (χ2v) is 5.45. The van der Waals surface area contributed by atoms with Crippen LogP contribution in [0, 0.1) is 0 Å². The Balaban J connectivity index is 2.70. The molecule has 0 amide bonds. The summed E-state index contributed by atoms with van der Waals surface area (Å²) < 4.78 is 0.885. The van der Waals surface area contributed by atoms with Gasteiger partial charge in [0.1, 0.15) is 0 Å². The highest BCUT2D eigenvalue weighted by atomic mass is 79.9. The smallest absolute Gasteiger partial charge is 0.337 e. The molecule has 0 aliphatic carbocycles. The van der Waals surface area contributed by atoms with E-state index in [4.69, 9.17) is 5.11 Å². The van der Waals surface area contributed by atoms with Crippen LogP contribution in [-0.2, 0) is 0 Å². The fourth-order valence-electron chi connectivity index (χ4n) is 1.86. The molecule has 3 nitrogen and oxygen atoms in total. The molecular formula is C14H20BrNO2. The van der Waals surface area contributed by atoms with E-state index >= 15 is 0 Å². The van der Waals surface area contributed by atoms with Gasteiger partial charge < -0.3 is 10.4 Å². The predicted octanol–water partition coefficient (Wildman–Crippen LogP) is 4.53. The molecule has 0 fully saturated rings. The number of benzene rings is 1. The highest BCUT2D eigenvalue weighted by molar-refractivity contribution is 9.10. The van der Waals surface area contributed by atoms with E-state index in [0.29, 0.717) is 11.3 Å². The Hall–Kier alpha value is -1.03. The predicted molar refractivity (Wildman–Crippen MR) is 78.3 cm³/mol. The van der Waals surface area contributed by atoms with Gasteiger partial charge in [-0.2, -0.15) is 0 Å². The topological polar surface area (TPSA) is 49.3 Å². The largest absolute Gasteiger partial charge is 0.478 e. The third kappa shape index (κ3) is 4.69. The van der Waals surface area contributed by atoms with Gasteiger partial charge in [0, 0.05) is 10.5 Å². The minimum atomic E-state index is -0.897. The monoisotopic (exact) mass is 313 g/mol. The van der Waals surface area contributed by atoms with Crippen molar-refractivity contribution in [2.45, 2.75) is 45.6 Å². The Bertz CT molecular complexity index is 407. The zero-order chi connectivity index (χ0) is 13.5. The maximum absolute atomic E-state index is 11.1. The van der Waals surface area contributed by atoms with E-state index in [9.17, 15) is 4.79 Å². The minimum absolute atomic E-state index is 0.281. The van der Waals surface area contributed by atoms with Crippen LogP contribution in [0.5, 0.6) is 0 Å². The zero-order valence-corrected chi connectivity index (χ0v) is 12.5. The molecule has 1 aromatic rings. The van der Waals surface area contributed by atoms with Crippen LogP contribution < -0.4 is 5.32 Å². The lowest BCUT2D eigenvalue weighted by atomic mass is 10.1. The number of aromatic carboxylic acids is 1. The van der Waals surface area contributed by atoms with E-state index in [1.807, 2.05) is 6.07 Å². The molecule has 100 valence electrons. The van der Waals surface area contributed by atoms with Crippen molar-refractivity contribution >= 4 is 27.6 Å². The Morgan fingerprint density at radius 1 is 1.44 bits per heavy atom. The van der Waals surface area contributed by atoms with Crippen LogP contribution in [0.2, 0.25) is 0 Å². The molecule has 0 bridgehead atoms. The minimum Gasteiger partial charge on any atom is -0.478 e. The molecule has 18 heavy (non-hydrogen) atoms. The first-order valence-corrected chi connectivity index (χ1v) is 7.13. The molecule has 1 aromatic carbocycles. The maximum Gasteiger partial charge on any atom is 0.337 e. The zero-order valence-electron chi connectivity index (χ0n) is 10.9. The van der Waals surface area contributed by atoms with Crippen LogP contribution in [0.25, 0.3) is 0 Å². The van der Waals surface area contributed by atoms with Gasteiger partial charge in [-0.15, -0.1) is 0 Å². The fraction of sp³-hybridized carbons (Fsp3) is 0.500. The van der Waals surface area contributed by atoms with Gasteiger partial charge >= 0.3 is 5.97 Å². The third-order valence-electron chi connectivity index (χ3n) is 2.85. The molecule has 0 aliphatic heterocycles. The molecule has 4 heteroatoms. The van der Waals surface area contributed by atoms with E-state index in [2.05, 4.69) is 35.1 Å². The number of unbranched alkanes of at least 4 members (excludes halogenated alkanes) is 2. The Kier molecular flexibility index (Phi) is 6.19. The van der Waals surface area contributed by atoms with Crippen molar-refractivity contribution in [2.75, 3.05) is 5.32 Å². The molecule has 0 aromatic heterocycles. The molecule has 0 saturated heterocycles. The summed E-state index contributed by atoms with van der Waals surface area (Å²) in [4.78, 5) is 11.1. The van der Waals surface area contributed by atoms with Crippen molar-refractivity contribution in [3.63, 3.8) is 0 Å². The number of rotatable bonds is 7. The van der Waals surface area contributed by atoms with Crippen molar-refractivity contribution in [3.05, 3.63) is 28.2 Å². The summed E-state index contributed by atoms with van der Waals surface area (Å²) in [5.41, 5.74) is 1.00. The van der Waals surface area contributed by atoms with E-state index < -0.39 is 5.97 Å². The Labute approximate surface area is 117 Å². The number of carboxylic acid groups (broad SMARTS) is 1. The van der Waals surface area contributed by atoms with E-state index in [-0.39, 0.29) is 6.04 Å². The van der Waals surface area contributed by atoms with Crippen molar-refractivity contribution in [3.8, 4) is 0 Å². The highest BCUT2D eigenvalue weighted by Crippen LogP contribution is 2.23. The molecule has 0 spiro atoms. The molecule has 2 N–H and O–H groups in total. The number of hydrogen-bond acceptors (Lipinski definition) is 2. The summed E-state index contributed by atoms with van der Waals surface area (Å²) in [6, 6.07) is 5.47. The molecule has 0 radical (unpaired) electrons. The van der Waals surface area contributed by atoms with Crippen LogP contribution >= 0.6 is 15.9 Å². The van der Waals surface area contributed by atoms with Gasteiger partial charge in [0.2, 0.25) is 0 Å². The third-order valence-corrected chi connectivity index (χ3v) is 3.35. The van der Waals surface area contributed by atoms with Gasteiger partial charge in [-0.25, -0.2) is 4.79 Å². The summed E-state index contributed by atoms with van der Waals surface area (Å²) in [6.07, 6.45) is 4.64. The average molecular weight is 314 g/mol. The first kappa shape index (κ1) is 15.0. The normalized spacial score (nSPS) is 12.2. The first-order valence-electron chi connectivity index (χ1n) is 6.34. The first-order chi connectivity index (χ1) is 8.54. The molecule has 1 atom stereocenters. The lowest BCUT2D eigenvalue weighted by Crippen LogP contribution is -2.17. The number of halogens is 1. The summed E-state index contributed by atoms with van der Waals surface area (Å²) in [6.45, 7) is 4.26. The number of anilines is 1. The summed E-state index contributed by atoms with van der Waals surface area (Å²) in [5, 5.41) is 12.4. The van der Waals surface area contributed by atoms with E-state index in [0.717, 1.165) is 10.9 Å². The van der Waals surface area contributed by atoms with Gasteiger partial charge in [0.15, 0.2) is 0 Å². The van der Waals surface area contributed by atoms with Gasteiger partial charge in [0.25, 0.3) is 0 Å². The maximum atomic E-state index is 11.1. The molecule has 0 saturated carbocycles. The quantitative estimate of drug-likeness (QED) is 0.727. The second-order valence-electron chi connectivity index (χ2n) is 4.54. The standard InChI is InChI=1S/C14H20BrNO2/c1-3-4-5-6-10(2)16-13-9-11(15)7-8-12(13)14(17)18/h7-10,16H,3-6H2,1-2H3,(H,17,18). The Morgan fingerprint density at radius 3 is 2.78 bits per heavy atom. The molecule has 1 rings (SSSR count). The lowest BCUT2D eigenvalue weighted by Gasteiger charge is -2.17. The van der Waals surface area contributed by atoms with Crippen molar-refractivity contribution in [1.29, 1.82) is 0 Å². The van der Waals surface area contributed by atoms with E-state index in [1.54, 1.807) is 12.1 Å². The molecule has 0 heterocycles. The van der Waals surface area contributed by atoms with Gasteiger partial charge in [-0.05, 0) is 31.5 Å². The summed E-state index contributed by atoms with van der Waals surface area (Å²) >= 11 is 3.37. The van der Waals surface area contributed by atoms with Crippen molar-refractivity contribution < 1.29 is 9.90 Å². The molecular weight excluding hydrogens is 294 g/mol. The summed E-state index contributed by atoms with van der Waals surface area (Å²) in [5.74, 6) is -0.897. The van der Waals surface area contributed by atoms with Gasteiger partial charge in [-0.3, -0.25) is 0 Å². The average Bonchev–Trinajstić information content (AvgIpc) is 2.29. The van der Waals surface area contributed by atoms with E-state index in [1.165, 1.54) is 19.3 Å². The van der Waals surface area contributed by atoms with Crippen LogP contribution in [-0.4, -0.2) is 17.1 Å². The number of hydrogen-bond donors (Lipinski definition) is 2. The Morgan fingerprint density at radius 2 is 2.17 bits per heavy atom. The van der Waals surface area contributed by atoms with Crippen LogP contribution in [0.3, 0.4) is 0 Å². The second kappa shape index (κ2) is 7.41. The highest BCUT2D eigenvalue weighted by Gasteiger charge is 2.12. The van der Waals surface area contributed by atoms with Gasteiger partial charge in [-0.1, -0.05) is 42.1 Å². The number of carbonyl (C=O) groups is 1. The van der Waals surface area contributed by atoms with Crippen LogP contribution in [0.15, 0.2) is 22.7 Å². The van der Waals surface area contributed by atoms with Crippen LogP contribution in [0.1, 0.15) is 49.9 Å². The van der Waals surface area contributed by atoms with Crippen molar-refractivity contribution in [1.82, 2.24) is 0 Å². The van der Waals surface area contributed by atoms with Crippen molar-refractivity contribution in [2.24, 2.45) is 0 Å². The molecule has 1 unspecified atom stereocenters.